The largest absolute Gasteiger partial charge is 0.244 e. The summed E-state index contributed by atoms with van der Waals surface area (Å²) in [6.07, 6.45) is 0. The highest BCUT2D eigenvalue weighted by Crippen LogP contribution is 2.48. The van der Waals surface area contributed by atoms with E-state index in [-0.39, 0.29) is 5.37 Å². The summed E-state index contributed by atoms with van der Waals surface area (Å²) >= 11 is 1.70. The molecule has 0 aromatic heterocycles. The molecule has 74 valence electrons. The Morgan fingerprint density at radius 2 is 2.14 bits per heavy atom. The van der Waals surface area contributed by atoms with Crippen molar-refractivity contribution >= 4 is 21.8 Å². The van der Waals surface area contributed by atoms with Crippen LogP contribution in [0.1, 0.15) is 10.9 Å². The molecule has 1 aromatic carbocycles. The molecule has 2 aliphatic rings. The molecule has 3 nitrogen and oxygen atoms in total. The van der Waals surface area contributed by atoms with E-state index in [2.05, 4.69) is 0 Å². The van der Waals surface area contributed by atoms with Crippen molar-refractivity contribution in [3.8, 4) is 0 Å². The number of rotatable bonds is 0. The van der Waals surface area contributed by atoms with Crippen LogP contribution in [0.2, 0.25) is 0 Å². The molecule has 0 spiro atoms. The third-order valence-electron chi connectivity index (χ3n) is 2.62. The van der Waals surface area contributed by atoms with Crippen molar-refractivity contribution in [2.45, 2.75) is 10.3 Å². The Balaban J connectivity index is 2.30. The Kier molecular flexibility index (Phi) is 1.72. The van der Waals surface area contributed by atoms with E-state index in [1.54, 1.807) is 28.2 Å². The molecular formula is C9H9NO2S2. The van der Waals surface area contributed by atoms with E-state index < -0.39 is 10.0 Å². The molecule has 0 saturated carbocycles. The fourth-order valence-electron chi connectivity index (χ4n) is 1.99. The molecule has 2 aliphatic heterocycles. The average Bonchev–Trinajstić information content (AvgIpc) is 2.72. The molecule has 0 radical (unpaired) electrons. The zero-order valence-corrected chi connectivity index (χ0v) is 9.01. The van der Waals surface area contributed by atoms with Crippen LogP contribution in [0.5, 0.6) is 0 Å². The summed E-state index contributed by atoms with van der Waals surface area (Å²) in [4.78, 5) is 0.497. The molecule has 0 aliphatic carbocycles. The highest BCUT2D eigenvalue weighted by atomic mass is 32.2. The number of fused-ring (bicyclic) bond motifs is 3. The second-order valence-corrected chi connectivity index (χ2v) is 6.42. The van der Waals surface area contributed by atoms with Gasteiger partial charge in [-0.3, -0.25) is 0 Å². The summed E-state index contributed by atoms with van der Waals surface area (Å²) in [5.41, 5.74) is 0.954. The number of hydrogen-bond donors (Lipinski definition) is 0. The fraction of sp³-hybridized carbons (Fsp3) is 0.333. The first-order valence-corrected chi connectivity index (χ1v) is 6.92. The van der Waals surface area contributed by atoms with Crippen molar-refractivity contribution in [2.75, 3.05) is 12.3 Å². The third-order valence-corrected chi connectivity index (χ3v) is 5.93. The Morgan fingerprint density at radius 3 is 3.00 bits per heavy atom. The number of nitrogens with zero attached hydrogens (tertiary/aromatic N) is 1. The van der Waals surface area contributed by atoms with Crippen LogP contribution in [0.4, 0.5) is 0 Å². The van der Waals surface area contributed by atoms with Crippen molar-refractivity contribution in [1.29, 1.82) is 0 Å². The van der Waals surface area contributed by atoms with Gasteiger partial charge in [0.05, 0.1) is 10.3 Å². The second-order valence-electron chi connectivity index (χ2n) is 3.38. The van der Waals surface area contributed by atoms with E-state index in [4.69, 9.17) is 0 Å². The summed E-state index contributed by atoms with van der Waals surface area (Å²) in [5, 5.41) is 0.0381. The maximum absolute atomic E-state index is 12.0. The molecule has 1 aromatic rings. The summed E-state index contributed by atoms with van der Waals surface area (Å²) in [6.45, 7) is 0.645. The van der Waals surface area contributed by atoms with Gasteiger partial charge in [-0.25, -0.2) is 8.42 Å². The average molecular weight is 227 g/mol. The van der Waals surface area contributed by atoms with Crippen LogP contribution in [0, 0.1) is 0 Å². The molecule has 1 fully saturated rings. The number of benzene rings is 1. The summed E-state index contributed by atoms with van der Waals surface area (Å²) in [6, 6.07) is 7.29. The molecule has 1 saturated heterocycles. The first-order valence-electron chi connectivity index (χ1n) is 4.43. The lowest BCUT2D eigenvalue weighted by atomic mass is 10.2. The van der Waals surface area contributed by atoms with Gasteiger partial charge in [-0.15, -0.1) is 11.8 Å². The first-order chi connectivity index (χ1) is 6.71. The predicted molar refractivity (Wildman–Crippen MR) is 55.5 cm³/mol. The van der Waals surface area contributed by atoms with Gasteiger partial charge in [-0.2, -0.15) is 4.31 Å². The van der Waals surface area contributed by atoms with E-state index in [1.165, 1.54) is 0 Å². The molecule has 1 atom stereocenters. The highest BCUT2D eigenvalue weighted by Gasteiger charge is 2.45. The van der Waals surface area contributed by atoms with Gasteiger partial charge in [-0.05, 0) is 6.07 Å². The standard InChI is InChI=1S/C9H9NO2S2/c11-14(12)8-4-2-1-3-7(8)9-10(14)5-6-13-9/h1-4,9H,5-6H2. The van der Waals surface area contributed by atoms with Gasteiger partial charge in [0, 0.05) is 17.9 Å². The minimum atomic E-state index is -3.17. The Bertz CT molecular complexity index is 483. The Hall–Kier alpha value is -0.520. The van der Waals surface area contributed by atoms with Crippen molar-refractivity contribution in [2.24, 2.45) is 0 Å². The SMILES string of the molecule is O=S1(=O)c2ccccc2C2SCCN21. The maximum Gasteiger partial charge on any atom is 0.244 e. The topological polar surface area (TPSA) is 37.4 Å². The van der Waals surface area contributed by atoms with Crippen LogP contribution >= 0.6 is 11.8 Å². The van der Waals surface area contributed by atoms with Crippen molar-refractivity contribution in [3.05, 3.63) is 29.8 Å². The van der Waals surface area contributed by atoms with Gasteiger partial charge >= 0.3 is 0 Å². The second kappa shape index (κ2) is 2.74. The lowest BCUT2D eigenvalue weighted by Gasteiger charge is -2.11. The van der Waals surface area contributed by atoms with Crippen LogP contribution < -0.4 is 0 Å². The fourth-order valence-corrected chi connectivity index (χ4v) is 5.56. The summed E-state index contributed by atoms with van der Waals surface area (Å²) < 4.78 is 25.6. The van der Waals surface area contributed by atoms with Gasteiger partial charge < -0.3 is 0 Å². The third kappa shape index (κ3) is 0.947. The van der Waals surface area contributed by atoms with Crippen molar-refractivity contribution < 1.29 is 8.42 Å². The minimum Gasteiger partial charge on any atom is -0.207 e. The monoisotopic (exact) mass is 227 g/mol. The van der Waals surface area contributed by atoms with Crippen LogP contribution in [-0.4, -0.2) is 25.0 Å². The van der Waals surface area contributed by atoms with E-state index in [1.807, 2.05) is 12.1 Å². The van der Waals surface area contributed by atoms with Crippen molar-refractivity contribution in [3.63, 3.8) is 0 Å². The lowest BCUT2D eigenvalue weighted by Crippen LogP contribution is -2.23. The number of sulfonamides is 1. The van der Waals surface area contributed by atoms with Gasteiger partial charge in [0.25, 0.3) is 0 Å². The molecule has 0 bridgehead atoms. The first kappa shape index (κ1) is 8.76. The quantitative estimate of drug-likeness (QED) is 0.673. The minimum absolute atomic E-state index is 0.0381. The Labute approximate surface area is 87.2 Å². The highest BCUT2D eigenvalue weighted by molar-refractivity contribution is 8.01. The molecule has 14 heavy (non-hydrogen) atoms. The van der Waals surface area contributed by atoms with E-state index in [0.29, 0.717) is 11.4 Å². The summed E-state index contributed by atoms with van der Waals surface area (Å²) in [7, 11) is -3.17. The van der Waals surface area contributed by atoms with Crippen LogP contribution in [-0.2, 0) is 10.0 Å². The predicted octanol–water partition coefficient (Wildman–Crippen LogP) is 1.44. The van der Waals surface area contributed by atoms with Gasteiger partial charge in [0.15, 0.2) is 0 Å². The lowest BCUT2D eigenvalue weighted by molar-refractivity contribution is 0.455. The van der Waals surface area contributed by atoms with Crippen LogP contribution in [0.15, 0.2) is 29.2 Å². The molecule has 0 N–H and O–H groups in total. The summed E-state index contributed by atoms with van der Waals surface area (Å²) in [5.74, 6) is 0.901. The van der Waals surface area contributed by atoms with E-state index >= 15 is 0 Å². The van der Waals surface area contributed by atoms with Crippen molar-refractivity contribution in [1.82, 2.24) is 4.31 Å². The Morgan fingerprint density at radius 1 is 1.36 bits per heavy atom. The molecule has 1 unspecified atom stereocenters. The van der Waals surface area contributed by atoms with E-state index in [0.717, 1.165) is 11.3 Å². The zero-order chi connectivity index (χ0) is 9.76. The maximum atomic E-state index is 12.0. The molecule has 0 amide bonds. The molecule has 3 rings (SSSR count). The van der Waals surface area contributed by atoms with Crippen LogP contribution in [0.25, 0.3) is 0 Å². The molecule has 5 heteroatoms. The van der Waals surface area contributed by atoms with E-state index in [9.17, 15) is 8.42 Å². The van der Waals surface area contributed by atoms with Gasteiger partial charge in [-0.1, -0.05) is 18.2 Å². The smallest absolute Gasteiger partial charge is 0.207 e. The van der Waals surface area contributed by atoms with Crippen LogP contribution in [0.3, 0.4) is 0 Å². The number of thioether (sulfide) groups is 1. The van der Waals surface area contributed by atoms with Gasteiger partial charge in [0.1, 0.15) is 0 Å². The van der Waals surface area contributed by atoms with Gasteiger partial charge in [0.2, 0.25) is 10.0 Å². The molecular weight excluding hydrogens is 218 g/mol. The normalized spacial score (nSPS) is 28.7. The zero-order valence-electron chi connectivity index (χ0n) is 7.38. The molecule has 2 heterocycles. The number of hydrogen-bond acceptors (Lipinski definition) is 3.